The Hall–Kier alpha value is -1.67. The number of nitrogens with one attached hydrogen (secondary N) is 1. The summed E-state index contributed by atoms with van der Waals surface area (Å²) >= 11 is 4.77. The molecule has 0 aliphatic heterocycles. The first-order valence-corrected chi connectivity index (χ1v) is 5.55. The van der Waals surface area contributed by atoms with Crippen LogP contribution in [0.5, 0.6) is 0 Å². The fourth-order valence-electron chi connectivity index (χ4n) is 1.71. The lowest BCUT2D eigenvalue weighted by Gasteiger charge is -2.17. The molecule has 2 aromatic rings. The molecule has 0 fully saturated rings. The van der Waals surface area contributed by atoms with Crippen molar-refractivity contribution in [3.63, 3.8) is 0 Å². The van der Waals surface area contributed by atoms with E-state index < -0.39 is 0 Å². The third kappa shape index (κ3) is 2.47. The molecule has 2 aromatic carbocycles. The Balaban J connectivity index is 2.35. The molecule has 0 aromatic heterocycles. The number of thiocarbonyl (C=S) groups is 1. The fourth-order valence-corrected chi connectivity index (χ4v) is 1.83. The van der Waals surface area contributed by atoms with Crippen molar-refractivity contribution in [1.29, 1.82) is 0 Å². The summed E-state index contributed by atoms with van der Waals surface area (Å²) in [6.07, 6.45) is 0. The van der Waals surface area contributed by atoms with Gasteiger partial charge in [-0.15, -0.1) is 0 Å². The van der Waals surface area contributed by atoms with E-state index in [1.165, 1.54) is 11.1 Å². The van der Waals surface area contributed by atoms with Crippen LogP contribution in [-0.2, 0) is 0 Å². The van der Waals surface area contributed by atoms with Crippen LogP contribution in [0.4, 0.5) is 0 Å². The highest BCUT2D eigenvalue weighted by Gasteiger charge is 2.10. The van der Waals surface area contributed by atoms with Gasteiger partial charge in [0.15, 0.2) is 0 Å². The predicted molar refractivity (Wildman–Crippen MR) is 70.5 cm³/mol. The molecule has 0 unspecified atom stereocenters. The maximum Gasteiger partial charge on any atom is 0.134 e. The van der Waals surface area contributed by atoms with E-state index in [1.54, 1.807) is 0 Å². The smallest absolute Gasteiger partial charge is 0.134 e. The van der Waals surface area contributed by atoms with E-state index in [2.05, 4.69) is 35.1 Å². The largest absolute Gasteiger partial charge is 0.363 e. The van der Waals surface area contributed by atoms with Crippen LogP contribution in [-0.4, -0.2) is 5.49 Å². The summed E-state index contributed by atoms with van der Waals surface area (Å²) in [7, 11) is 0. The van der Waals surface area contributed by atoms with Crippen molar-refractivity contribution in [3.8, 4) is 0 Å². The van der Waals surface area contributed by atoms with E-state index in [1.807, 2.05) is 36.4 Å². The van der Waals surface area contributed by atoms with Crippen molar-refractivity contribution < 1.29 is 0 Å². The first-order valence-electron chi connectivity index (χ1n) is 5.14. The zero-order valence-corrected chi connectivity index (χ0v) is 9.58. The van der Waals surface area contributed by atoms with Crippen molar-refractivity contribution in [1.82, 2.24) is 5.32 Å². The molecule has 0 aliphatic carbocycles. The highest BCUT2D eigenvalue weighted by Crippen LogP contribution is 2.20. The molecule has 1 radical (unpaired) electrons. The van der Waals surface area contributed by atoms with Crippen molar-refractivity contribution in [3.05, 3.63) is 71.8 Å². The molecular weight excluding hydrogens is 214 g/mol. The molecule has 0 atom stereocenters. The third-order valence-electron chi connectivity index (χ3n) is 2.47. The van der Waals surface area contributed by atoms with Gasteiger partial charge < -0.3 is 5.32 Å². The van der Waals surface area contributed by atoms with Gasteiger partial charge in [0.2, 0.25) is 0 Å². The normalized spacial score (nSPS) is 10.1. The monoisotopic (exact) mass is 226 g/mol. The summed E-state index contributed by atoms with van der Waals surface area (Å²) in [4.78, 5) is 0. The summed E-state index contributed by atoms with van der Waals surface area (Å²) in [6, 6.07) is 20.5. The molecule has 0 saturated heterocycles. The lowest BCUT2D eigenvalue weighted by molar-refractivity contribution is 0.780. The van der Waals surface area contributed by atoms with Crippen LogP contribution in [0.3, 0.4) is 0 Å². The van der Waals surface area contributed by atoms with Crippen molar-refractivity contribution >= 4 is 17.7 Å². The molecule has 79 valence electrons. The zero-order chi connectivity index (χ0) is 11.2. The molecule has 0 spiro atoms. The van der Waals surface area contributed by atoms with E-state index in [9.17, 15) is 0 Å². The minimum Gasteiger partial charge on any atom is -0.363 e. The number of hydrogen-bond acceptors (Lipinski definition) is 1. The lowest BCUT2D eigenvalue weighted by atomic mass is 9.99. The molecule has 2 heteroatoms. The quantitative estimate of drug-likeness (QED) is 0.634. The second kappa shape index (κ2) is 5.42. The number of benzene rings is 2. The molecule has 1 nitrogen and oxygen atoms in total. The maximum absolute atomic E-state index is 4.77. The lowest BCUT2D eigenvalue weighted by Crippen LogP contribution is -2.19. The van der Waals surface area contributed by atoms with Gasteiger partial charge in [0.05, 0.1) is 6.04 Å². The van der Waals surface area contributed by atoms with Gasteiger partial charge in [-0.3, -0.25) is 0 Å². The SMILES string of the molecule is S=[C]NC(c1ccccc1)c1ccccc1. The highest BCUT2D eigenvalue weighted by atomic mass is 32.1. The summed E-state index contributed by atoms with van der Waals surface area (Å²) in [5.41, 5.74) is 4.97. The minimum absolute atomic E-state index is 0.0832. The standard InChI is InChI=1S/C14H12NS/c16-11-15-14(12-7-3-1-4-8-12)13-9-5-2-6-10-13/h1-10,14H,(H,15,16). The molecular formula is C14H12NS. The Kier molecular flexibility index (Phi) is 3.67. The molecule has 0 heterocycles. The van der Waals surface area contributed by atoms with Crippen LogP contribution in [0.15, 0.2) is 60.7 Å². The van der Waals surface area contributed by atoms with Crippen LogP contribution in [0.1, 0.15) is 17.2 Å². The van der Waals surface area contributed by atoms with Crippen LogP contribution >= 0.6 is 12.2 Å². The Morgan fingerprint density at radius 3 is 1.62 bits per heavy atom. The van der Waals surface area contributed by atoms with Gasteiger partial charge in [-0.05, 0) is 11.1 Å². The molecule has 1 N–H and O–H groups in total. The van der Waals surface area contributed by atoms with E-state index in [-0.39, 0.29) is 6.04 Å². The van der Waals surface area contributed by atoms with Gasteiger partial charge >= 0.3 is 0 Å². The molecule has 0 amide bonds. The topological polar surface area (TPSA) is 12.0 Å². The third-order valence-corrected chi connectivity index (χ3v) is 2.59. The van der Waals surface area contributed by atoms with Crippen LogP contribution in [0, 0.1) is 0 Å². The van der Waals surface area contributed by atoms with Gasteiger partial charge in [-0.2, -0.15) is 0 Å². The average Bonchev–Trinajstić information content (AvgIpc) is 2.38. The summed E-state index contributed by atoms with van der Waals surface area (Å²) in [5.74, 6) is 0. The Morgan fingerprint density at radius 2 is 1.25 bits per heavy atom. The highest BCUT2D eigenvalue weighted by molar-refractivity contribution is 7.78. The summed E-state index contributed by atoms with van der Waals surface area (Å²) < 4.78 is 0. The Morgan fingerprint density at radius 1 is 0.812 bits per heavy atom. The second-order valence-corrected chi connectivity index (χ2v) is 3.70. The van der Waals surface area contributed by atoms with E-state index in [0.717, 1.165) is 0 Å². The van der Waals surface area contributed by atoms with Crippen LogP contribution < -0.4 is 5.32 Å². The molecule has 16 heavy (non-hydrogen) atoms. The van der Waals surface area contributed by atoms with Gasteiger partial charge in [0, 0.05) is 0 Å². The molecule has 0 saturated carbocycles. The minimum atomic E-state index is 0.0832. The summed E-state index contributed by atoms with van der Waals surface area (Å²) in [5, 5.41) is 3.08. The second-order valence-electron chi connectivity index (χ2n) is 3.50. The van der Waals surface area contributed by atoms with Gasteiger partial charge in [0.1, 0.15) is 5.49 Å². The van der Waals surface area contributed by atoms with Crippen LogP contribution in [0.25, 0.3) is 0 Å². The van der Waals surface area contributed by atoms with Gasteiger partial charge in [-0.1, -0.05) is 72.9 Å². The van der Waals surface area contributed by atoms with E-state index in [4.69, 9.17) is 12.2 Å². The molecule has 0 aliphatic rings. The summed E-state index contributed by atoms with van der Waals surface area (Å²) in [6.45, 7) is 0. The Bertz CT molecular complexity index is 399. The number of rotatable bonds is 4. The van der Waals surface area contributed by atoms with Gasteiger partial charge in [-0.25, -0.2) is 0 Å². The van der Waals surface area contributed by atoms with E-state index in [0.29, 0.717) is 0 Å². The van der Waals surface area contributed by atoms with E-state index >= 15 is 0 Å². The van der Waals surface area contributed by atoms with Crippen molar-refractivity contribution in [2.75, 3.05) is 0 Å². The maximum atomic E-state index is 4.77. The Labute approximate surface area is 101 Å². The van der Waals surface area contributed by atoms with Crippen molar-refractivity contribution in [2.45, 2.75) is 6.04 Å². The first kappa shape index (κ1) is 10.8. The fraction of sp³-hybridized carbons (Fsp3) is 0.0714. The average molecular weight is 226 g/mol. The predicted octanol–water partition coefficient (Wildman–Crippen LogP) is 3.20. The molecule has 2 rings (SSSR count). The number of hydrogen-bond donors (Lipinski definition) is 1. The van der Waals surface area contributed by atoms with Crippen LogP contribution in [0.2, 0.25) is 0 Å². The first-order chi connectivity index (χ1) is 7.92. The zero-order valence-electron chi connectivity index (χ0n) is 8.76. The molecule has 0 bridgehead atoms. The van der Waals surface area contributed by atoms with Crippen molar-refractivity contribution in [2.24, 2.45) is 0 Å². The van der Waals surface area contributed by atoms with Gasteiger partial charge in [0.25, 0.3) is 0 Å².